The third kappa shape index (κ3) is 2.41. The number of hydrogen-bond donors (Lipinski definition) is 0. The van der Waals surface area contributed by atoms with Crippen LogP contribution < -0.4 is 4.90 Å². The van der Waals surface area contributed by atoms with E-state index < -0.39 is 11.6 Å². The van der Waals surface area contributed by atoms with Crippen molar-refractivity contribution in [3.63, 3.8) is 0 Å². The minimum absolute atomic E-state index is 0.196. The Labute approximate surface area is 114 Å². The summed E-state index contributed by atoms with van der Waals surface area (Å²) in [6.07, 6.45) is 0. The Morgan fingerprint density at radius 1 is 1.05 bits per heavy atom. The van der Waals surface area contributed by atoms with Gasteiger partial charge in [0, 0.05) is 24.7 Å². The molecule has 0 fully saturated rings. The lowest BCUT2D eigenvalue weighted by Gasteiger charge is -2.18. The molecule has 0 aliphatic carbocycles. The summed E-state index contributed by atoms with van der Waals surface area (Å²) in [6, 6.07) is 8.52. The lowest BCUT2D eigenvalue weighted by molar-refractivity contribution is 0.589. The molecule has 0 saturated carbocycles. The molecule has 2 aromatic carbocycles. The quantitative estimate of drug-likeness (QED) is 0.457. The van der Waals surface area contributed by atoms with Crippen molar-refractivity contribution in [1.82, 2.24) is 0 Å². The fourth-order valence-corrected chi connectivity index (χ4v) is 2.00. The predicted octanol–water partition coefficient (Wildman–Crippen LogP) is 4.64. The van der Waals surface area contributed by atoms with Crippen molar-refractivity contribution in [3.05, 3.63) is 58.5 Å². The molecule has 0 bridgehead atoms. The third-order valence-electron chi connectivity index (χ3n) is 2.87. The Morgan fingerprint density at radius 2 is 1.65 bits per heavy atom. The van der Waals surface area contributed by atoms with E-state index in [9.17, 15) is 8.78 Å². The molecule has 2 rings (SSSR count). The Morgan fingerprint density at radius 3 is 2.20 bits per heavy atom. The lowest BCUT2D eigenvalue weighted by Crippen LogP contribution is -2.09. The van der Waals surface area contributed by atoms with Crippen molar-refractivity contribution in [1.29, 1.82) is 0 Å². The molecule has 0 aliphatic rings. The Balaban J connectivity index is 2.81. The molecule has 0 radical (unpaired) electrons. The Kier molecular flexibility index (Phi) is 3.86. The van der Waals surface area contributed by atoms with E-state index >= 15 is 0 Å². The maximum Gasteiger partial charge on any atom is 0.133 e. The van der Waals surface area contributed by atoms with Crippen LogP contribution in [0.3, 0.4) is 0 Å². The molecule has 0 spiro atoms. The first-order valence-corrected chi connectivity index (χ1v) is 5.86. The van der Waals surface area contributed by atoms with E-state index in [2.05, 4.69) is 10.0 Å². The zero-order valence-electron chi connectivity index (χ0n) is 11.0. The van der Waals surface area contributed by atoms with E-state index in [4.69, 9.17) is 5.53 Å². The zero-order chi connectivity index (χ0) is 14.7. The molecular formula is C14H12F2N4. The first kappa shape index (κ1) is 13.8. The zero-order valence-corrected chi connectivity index (χ0v) is 11.0. The molecule has 0 N–H and O–H groups in total. The molecule has 4 nitrogen and oxygen atoms in total. The summed E-state index contributed by atoms with van der Waals surface area (Å²) in [7, 11) is 3.51. The molecule has 20 heavy (non-hydrogen) atoms. The van der Waals surface area contributed by atoms with Crippen LogP contribution in [-0.4, -0.2) is 14.1 Å². The van der Waals surface area contributed by atoms with Gasteiger partial charge in [0.05, 0.1) is 11.3 Å². The summed E-state index contributed by atoms with van der Waals surface area (Å²) in [5, 5.41) is 3.59. The van der Waals surface area contributed by atoms with Gasteiger partial charge >= 0.3 is 0 Å². The average molecular weight is 274 g/mol. The molecule has 0 unspecified atom stereocenters. The number of hydrogen-bond acceptors (Lipinski definition) is 2. The van der Waals surface area contributed by atoms with Gasteiger partial charge in [-0.1, -0.05) is 23.3 Å². The summed E-state index contributed by atoms with van der Waals surface area (Å²) < 4.78 is 27.8. The summed E-state index contributed by atoms with van der Waals surface area (Å²) in [4.78, 5) is 4.46. The van der Waals surface area contributed by atoms with Crippen LogP contribution in [0.15, 0.2) is 41.5 Å². The molecular weight excluding hydrogens is 262 g/mol. The van der Waals surface area contributed by atoms with Crippen LogP contribution in [0.5, 0.6) is 0 Å². The number of benzene rings is 2. The third-order valence-corrected chi connectivity index (χ3v) is 2.87. The lowest BCUT2D eigenvalue weighted by atomic mass is 10.0. The molecule has 6 heteroatoms. The maximum absolute atomic E-state index is 13.9. The molecule has 0 atom stereocenters. The van der Waals surface area contributed by atoms with E-state index in [1.54, 1.807) is 31.1 Å². The number of azide groups is 1. The van der Waals surface area contributed by atoms with Crippen LogP contribution in [0.25, 0.3) is 21.6 Å². The van der Waals surface area contributed by atoms with Crippen molar-refractivity contribution >= 4 is 11.4 Å². The average Bonchev–Trinajstić information content (AvgIpc) is 2.40. The number of anilines is 1. The second-order valence-electron chi connectivity index (χ2n) is 4.35. The second kappa shape index (κ2) is 5.59. The van der Waals surface area contributed by atoms with Gasteiger partial charge in [-0.3, -0.25) is 0 Å². The van der Waals surface area contributed by atoms with Gasteiger partial charge in [0.1, 0.15) is 11.6 Å². The minimum Gasteiger partial charge on any atom is -0.377 e. The van der Waals surface area contributed by atoms with Gasteiger partial charge in [-0.15, -0.1) is 0 Å². The normalized spacial score (nSPS) is 10.0. The van der Waals surface area contributed by atoms with Gasteiger partial charge in [0.25, 0.3) is 0 Å². The van der Waals surface area contributed by atoms with Crippen LogP contribution in [0, 0.1) is 11.6 Å². The van der Waals surface area contributed by atoms with Crippen molar-refractivity contribution < 1.29 is 8.78 Å². The highest BCUT2D eigenvalue weighted by Crippen LogP contribution is 2.40. The van der Waals surface area contributed by atoms with Gasteiger partial charge in [0.2, 0.25) is 0 Å². The first-order valence-electron chi connectivity index (χ1n) is 5.86. The highest BCUT2D eigenvalue weighted by atomic mass is 19.1. The van der Waals surface area contributed by atoms with Gasteiger partial charge < -0.3 is 4.90 Å². The maximum atomic E-state index is 13.9. The summed E-state index contributed by atoms with van der Waals surface area (Å²) in [5.41, 5.74) is 9.50. The number of rotatable bonds is 3. The number of halogens is 2. The molecule has 2 aromatic rings. The molecule has 0 amide bonds. The standard InChI is InChI=1S/C14H12F2N4/c1-20(2)12-8-3-5-9(14(12)18-19-17)13-10(15)6-4-7-11(13)16/h3-8H,1-2H3. The van der Waals surface area contributed by atoms with Crippen LogP contribution in [0.2, 0.25) is 0 Å². The van der Waals surface area contributed by atoms with E-state index in [1.807, 2.05) is 0 Å². The SMILES string of the molecule is CN(C)c1cccc(-c2c(F)cccc2F)c1N=[N+]=[N-]. The van der Waals surface area contributed by atoms with Crippen molar-refractivity contribution in [2.75, 3.05) is 19.0 Å². The van der Waals surface area contributed by atoms with Crippen LogP contribution in [0.1, 0.15) is 0 Å². The topological polar surface area (TPSA) is 52.0 Å². The van der Waals surface area contributed by atoms with Gasteiger partial charge in [-0.2, -0.15) is 0 Å². The predicted molar refractivity (Wildman–Crippen MR) is 74.9 cm³/mol. The van der Waals surface area contributed by atoms with E-state index in [-0.39, 0.29) is 16.8 Å². The first-order chi connectivity index (χ1) is 9.56. The fraction of sp³-hybridized carbons (Fsp3) is 0.143. The number of nitrogens with zero attached hydrogens (tertiary/aromatic N) is 4. The largest absolute Gasteiger partial charge is 0.377 e. The molecule has 0 aliphatic heterocycles. The van der Waals surface area contributed by atoms with Gasteiger partial charge in [-0.25, -0.2) is 8.78 Å². The van der Waals surface area contributed by atoms with Crippen molar-refractivity contribution in [2.24, 2.45) is 5.11 Å². The molecule has 102 valence electrons. The van der Waals surface area contributed by atoms with E-state index in [1.165, 1.54) is 24.3 Å². The van der Waals surface area contributed by atoms with E-state index in [0.717, 1.165) is 0 Å². The van der Waals surface area contributed by atoms with Crippen LogP contribution in [-0.2, 0) is 0 Å². The monoisotopic (exact) mass is 274 g/mol. The van der Waals surface area contributed by atoms with Crippen molar-refractivity contribution in [2.45, 2.75) is 0 Å². The molecule has 0 saturated heterocycles. The Hall–Kier alpha value is -2.59. The van der Waals surface area contributed by atoms with Crippen LogP contribution in [0.4, 0.5) is 20.2 Å². The van der Waals surface area contributed by atoms with Gasteiger partial charge in [-0.05, 0) is 29.3 Å². The smallest absolute Gasteiger partial charge is 0.133 e. The van der Waals surface area contributed by atoms with Crippen LogP contribution >= 0.6 is 0 Å². The Bertz CT molecular complexity index is 671. The summed E-state index contributed by atoms with van der Waals surface area (Å²) in [6.45, 7) is 0. The molecule has 0 heterocycles. The van der Waals surface area contributed by atoms with Gasteiger partial charge in [0.15, 0.2) is 0 Å². The summed E-state index contributed by atoms with van der Waals surface area (Å²) >= 11 is 0. The molecule has 0 aromatic heterocycles. The minimum atomic E-state index is -0.699. The highest BCUT2D eigenvalue weighted by Gasteiger charge is 2.16. The summed E-state index contributed by atoms with van der Waals surface area (Å²) in [5.74, 6) is -1.40. The highest BCUT2D eigenvalue weighted by molar-refractivity contribution is 5.85. The van der Waals surface area contributed by atoms with E-state index in [0.29, 0.717) is 5.69 Å². The fourth-order valence-electron chi connectivity index (χ4n) is 2.00. The van der Waals surface area contributed by atoms with Crippen molar-refractivity contribution in [3.8, 4) is 11.1 Å². The second-order valence-corrected chi connectivity index (χ2v) is 4.35.